The van der Waals surface area contributed by atoms with Crippen molar-refractivity contribution in [1.82, 2.24) is 4.98 Å². The smallest absolute Gasteiger partial charge is 0.328 e. The van der Waals surface area contributed by atoms with Crippen molar-refractivity contribution in [2.75, 3.05) is 5.73 Å². The predicted octanol–water partition coefficient (Wildman–Crippen LogP) is 6.99. The minimum atomic E-state index is -1.26. The van der Waals surface area contributed by atoms with Crippen molar-refractivity contribution in [2.45, 2.75) is 112 Å². The van der Waals surface area contributed by atoms with Gasteiger partial charge in [0.2, 0.25) is 0 Å². The molecule has 5 rings (SSSR count). The summed E-state index contributed by atoms with van der Waals surface area (Å²) in [6, 6.07) is 7.83. The first-order chi connectivity index (χ1) is 21.6. The molecule has 9 heteroatoms. The molecular formula is C37H56N2O7. The molecule has 9 nitrogen and oxygen atoms in total. The first kappa shape index (κ1) is 38.9. The van der Waals surface area contributed by atoms with Crippen LogP contribution in [0.15, 0.2) is 36.4 Å². The number of nitrogen functional groups attached to an aromatic ring is 1. The number of aliphatic carboxylic acids is 2. The standard InChI is InChI=1S/C13H14N2O.C10H20O.C10H18O.C4H4O4/c14-13-8-4-1-2-5-9(8)15-10-6-3-7-11(16)12(10)13;2*1-7(2)9-5-4-8(3)6-10(9)11;5-3(6)1-2-4(7)8/h1-2,4-5,11,16H,3,6-7H2,(H2,14,15);7-11H,4-6H2,1-3H3;7-9H,4-6H2,1-3H3;1-2H,(H,5,6)(H,7,8)/b;;;2-1-/t;;8-,9+;/m..0./s1. The van der Waals surface area contributed by atoms with Crippen LogP contribution in [0.4, 0.5) is 5.69 Å². The summed E-state index contributed by atoms with van der Waals surface area (Å²) in [7, 11) is 0. The van der Waals surface area contributed by atoms with Crippen LogP contribution < -0.4 is 5.73 Å². The van der Waals surface area contributed by atoms with E-state index in [9.17, 15) is 24.6 Å². The van der Waals surface area contributed by atoms with Gasteiger partial charge in [0.25, 0.3) is 0 Å². The van der Waals surface area contributed by atoms with Crippen LogP contribution in [0.1, 0.15) is 110 Å². The molecule has 1 aromatic carbocycles. The molecule has 1 heterocycles. The van der Waals surface area contributed by atoms with Crippen molar-refractivity contribution in [2.24, 2.45) is 35.5 Å². The van der Waals surface area contributed by atoms with Crippen molar-refractivity contribution < 1.29 is 34.8 Å². The number of ketones is 1. The summed E-state index contributed by atoms with van der Waals surface area (Å²) >= 11 is 0. The van der Waals surface area contributed by atoms with Gasteiger partial charge >= 0.3 is 11.9 Å². The molecule has 4 unspecified atom stereocenters. The van der Waals surface area contributed by atoms with E-state index >= 15 is 0 Å². The third-order valence-corrected chi connectivity index (χ3v) is 9.37. The van der Waals surface area contributed by atoms with E-state index in [2.05, 4.69) is 46.5 Å². The molecule has 2 aromatic rings. The lowest BCUT2D eigenvalue weighted by Gasteiger charge is -2.33. The maximum Gasteiger partial charge on any atom is 0.328 e. The summed E-state index contributed by atoms with van der Waals surface area (Å²) in [4.78, 5) is 35.1. The van der Waals surface area contributed by atoms with Crippen molar-refractivity contribution in [3.05, 3.63) is 47.7 Å². The van der Waals surface area contributed by atoms with Gasteiger partial charge in [-0.15, -0.1) is 0 Å². The van der Waals surface area contributed by atoms with Gasteiger partial charge in [0, 0.05) is 46.8 Å². The Morgan fingerprint density at radius 3 is 2.04 bits per heavy atom. The molecule has 0 amide bonds. The maximum absolute atomic E-state index is 11.4. The molecule has 0 bridgehead atoms. The normalized spacial score (nSPS) is 25.8. The van der Waals surface area contributed by atoms with Crippen LogP contribution >= 0.6 is 0 Å². The van der Waals surface area contributed by atoms with E-state index in [1.54, 1.807) is 0 Å². The quantitative estimate of drug-likeness (QED) is 0.221. The molecule has 256 valence electrons. The molecular weight excluding hydrogens is 584 g/mol. The number of anilines is 1. The number of aliphatic hydroxyl groups excluding tert-OH is 2. The molecule has 6 N–H and O–H groups in total. The number of rotatable bonds is 4. The minimum Gasteiger partial charge on any atom is -0.478 e. The number of carbonyl (C=O) groups is 3. The van der Waals surface area contributed by atoms with Crippen LogP contribution in [0.5, 0.6) is 0 Å². The number of carboxylic acid groups (broad SMARTS) is 2. The zero-order chi connectivity index (χ0) is 34.6. The van der Waals surface area contributed by atoms with Crippen LogP contribution in [0.25, 0.3) is 10.9 Å². The van der Waals surface area contributed by atoms with Crippen LogP contribution in [0.3, 0.4) is 0 Å². The van der Waals surface area contributed by atoms with Gasteiger partial charge in [-0.3, -0.25) is 9.78 Å². The fourth-order valence-electron chi connectivity index (χ4n) is 6.70. The van der Waals surface area contributed by atoms with Crippen LogP contribution in [0, 0.1) is 35.5 Å². The zero-order valence-electron chi connectivity index (χ0n) is 28.5. The van der Waals surface area contributed by atoms with Gasteiger partial charge in [-0.25, -0.2) is 9.59 Å². The minimum absolute atomic E-state index is 0.0289. The Labute approximate surface area is 274 Å². The third kappa shape index (κ3) is 12.1. The van der Waals surface area contributed by atoms with Gasteiger partial charge < -0.3 is 26.2 Å². The largest absolute Gasteiger partial charge is 0.478 e. The van der Waals surface area contributed by atoms with Gasteiger partial charge in [-0.05, 0) is 80.6 Å². The SMILES string of the molecule is CC(C)[C@H]1CC[C@H](C)CC1=O.CC1CCC(C(C)C)C(O)C1.Nc1c2c(nc3ccccc13)CCCC2O.O=C(O)/C=C\C(=O)O. The second kappa shape index (κ2) is 18.7. The summed E-state index contributed by atoms with van der Waals surface area (Å²) < 4.78 is 0. The van der Waals surface area contributed by atoms with Gasteiger partial charge in [-0.1, -0.05) is 66.2 Å². The number of para-hydroxylation sites is 1. The number of benzene rings is 1. The van der Waals surface area contributed by atoms with Crippen molar-refractivity contribution in [3.63, 3.8) is 0 Å². The Bertz CT molecular complexity index is 1310. The molecule has 46 heavy (non-hydrogen) atoms. The number of aliphatic hydroxyl groups is 2. The van der Waals surface area contributed by atoms with Gasteiger partial charge in [-0.2, -0.15) is 0 Å². The summed E-state index contributed by atoms with van der Waals surface area (Å²) in [5, 5.41) is 36.3. The highest BCUT2D eigenvalue weighted by atomic mass is 16.4. The fraction of sp³-hybridized carbons (Fsp3) is 0.622. The first-order valence-electron chi connectivity index (χ1n) is 16.8. The Kier molecular flexibility index (Phi) is 15.8. The third-order valence-electron chi connectivity index (χ3n) is 9.37. The van der Waals surface area contributed by atoms with E-state index in [4.69, 9.17) is 15.9 Å². The van der Waals surface area contributed by atoms with E-state index in [0.29, 0.717) is 53.2 Å². The molecule has 2 saturated carbocycles. The number of pyridine rings is 1. The predicted molar refractivity (Wildman–Crippen MR) is 182 cm³/mol. The number of hydrogen-bond acceptors (Lipinski definition) is 7. The second-order valence-electron chi connectivity index (χ2n) is 13.9. The van der Waals surface area contributed by atoms with Crippen molar-refractivity contribution >= 4 is 34.3 Å². The van der Waals surface area contributed by atoms with E-state index in [0.717, 1.165) is 66.6 Å². The molecule has 1 aromatic heterocycles. The lowest BCUT2D eigenvalue weighted by molar-refractivity contribution is -0.134. The number of aryl methyl sites for hydroxylation is 1. The number of carbonyl (C=O) groups excluding carboxylic acids is 1. The molecule has 0 aliphatic heterocycles. The van der Waals surface area contributed by atoms with Crippen LogP contribution in [-0.4, -0.2) is 49.2 Å². The molecule has 2 fully saturated rings. The topological polar surface area (TPSA) is 171 Å². The second-order valence-corrected chi connectivity index (χ2v) is 13.9. The van der Waals surface area contributed by atoms with E-state index in [1.165, 1.54) is 19.3 Å². The van der Waals surface area contributed by atoms with Crippen LogP contribution in [0.2, 0.25) is 0 Å². The van der Waals surface area contributed by atoms with E-state index < -0.39 is 18.0 Å². The Morgan fingerprint density at radius 2 is 1.50 bits per heavy atom. The van der Waals surface area contributed by atoms with Gasteiger partial charge in [0.15, 0.2) is 0 Å². The fourth-order valence-corrected chi connectivity index (χ4v) is 6.70. The molecule has 0 saturated heterocycles. The maximum atomic E-state index is 11.4. The van der Waals surface area contributed by atoms with E-state index in [-0.39, 0.29) is 6.10 Å². The Balaban J connectivity index is 0.000000221. The first-order valence-corrected chi connectivity index (χ1v) is 16.8. The Morgan fingerprint density at radius 1 is 0.891 bits per heavy atom. The highest BCUT2D eigenvalue weighted by Gasteiger charge is 2.29. The molecule has 0 spiro atoms. The monoisotopic (exact) mass is 640 g/mol. The van der Waals surface area contributed by atoms with E-state index in [1.807, 2.05) is 24.3 Å². The Hall–Kier alpha value is -3.30. The number of nitrogens with zero attached hydrogens (tertiary/aromatic N) is 1. The lowest BCUT2D eigenvalue weighted by atomic mass is 9.75. The highest BCUT2D eigenvalue weighted by molar-refractivity contribution is 5.92. The van der Waals surface area contributed by atoms with Gasteiger partial charge in [0.1, 0.15) is 5.78 Å². The summed E-state index contributed by atoms with van der Waals surface area (Å²) in [5.74, 6) is 1.49. The van der Waals surface area contributed by atoms with Crippen molar-refractivity contribution in [3.8, 4) is 0 Å². The van der Waals surface area contributed by atoms with Crippen LogP contribution in [-0.2, 0) is 20.8 Å². The highest BCUT2D eigenvalue weighted by Crippen LogP contribution is 2.37. The number of Topliss-reactive ketones (excluding diaryl/α,β-unsaturated/α-hetero) is 1. The zero-order valence-corrected chi connectivity index (χ0v) is 28.5. The molecule has 3 aliphatic carbocycles. The average molecular weight is 641 g/mol. The molecule has 0 radical (unpaired) electrons. The average Bonchev–Trinajstić information content (AvgIpc) is 2.97. The number of aromatic nitrogens is 1. The molecule has 6 atom stereocenters. The number of nitrogens with two attached hydrogens (primary N) is 1. The number of hydrogen-bond donors (Lipinski definition) is 5. The lowest BCUT2D eigenvalue weighted by Crippen LogP contribution is -2.31. The van der Waals surface area contributed by atoms with Gasteiger partial charge in [0.05, 0.1) is 17.7 Å². The molecule has 3 aliphatic rings. The summed E-state index contributed by atoms with van der Waals surface area (Å²) in [6.45, 7) is 13.1. The summed E-state index contributed by atoms with van der Waals surface area (Å²) in [6.07, 6.45) is 10.1. The summed E-state index contributed by atoms with van der Waals surface area (Å²) in [5.41, 5.74) is 9.58. The van der Waals surface area contributed by atoms with Crippen molar-refractivity contribution in [1.29, 1.82) is 0 Å². The number of carboxylic acids is 2. The number of fused-ring (bicyclic) bond motifs is 2.